The van der Waals surface area contributed by atoms with Crippen LogP contribution in [0.5, 0.6) is 0 Å². The first-order valence-corrected chi connectivity index (χ1v) is 5.97. The van der Waals surface area contributed by atoms with Gasteiger partial charge in [0.05, 0.1) is 0 Å². The number of piperidine rings is 1. The van der Waals surface area contributed by atoms with Crippen molar-refractivity contribution in [2.45, 2.75) is 19.3 Å². The van der Waals surface area contributed by atoms with Crippen LogP contribution in [-0.2, 0) is 0 Å². The van der Waals surface area contributed by atoms with Crippen molar-refractivity contribution in [3.05, 3.63) is 0 Å². The lowest BCUT2D eigenvalue weighted by atomic mass is 9.96. The predicted molar refractivity (Wildman–Crippen MR) is 59.8 cm³/mol. The van der Waals surface area contributed by atoms with E-state index in [9.17, 15) is 4.79 Å². The van der Waals surface area contributed by atoms with Crippen LogP contribution in [0.1, 0.15) is 19.3 Å². The van der Waals surface area contributed by atoms with Crippen molar-refractivity contribution in [3.8, 4) is 0 Å². The molecule has 0 radical (unpaired) electrons. The maximum absolute atomic E-state index is 11.5. The van der Waals surface area contributed by atoms with Crippen LogP contribution in [0.15, 0.2) is 0 Å². The first-order chi connectivity index (χ1) is 7.25. The lowest BCUT2D eigenvalue weighted by Crippen LogP contribution is -2.49. The summed E-state index contributed by atoms with van der Waals surface area (Å²) in [6, 6.07) is 0.139. The number of carbonyl (C=O) groups is 1. The van der Waals surface area contributed by atoms with E-state index in [1.807, 2.05) is 4.90 Å². The fourth-order valence-corrected chi connectivity index (χ4v) is 2.41. The van der Waals surface area contributed by atoms with Crippen molar-refractivity contribution in [2.24, 2.45) is 5.92 Å². The predicted octanol–water partition coefficient (Wildman–Crippen LogP) is 0.743. The Balaban J connectivity index is 1.78. The molecule has 1 N–H and O–H groups in total. The molecule has 4 heteroatoms. The normalized spacial score (nSPS) is 25.4. The number of hydrogen-bond acceptors (Lipinski definition) is 2. The Kier molecular flexibility index (Phi) is 3.46. The van der Waals surface area contributed by atoms with Crippen molar-refractivity contribution >= 4 is 6.03 Å². The van der Waals surface area contributed by atoms with Crippen molar-refractivity contribution in [1.29, 1.82) is 0 Å². The lowest BCUT2D eigenvalue weighted by Gasteiger charge is -2.34. The van der Waals surface area contributed by atoms with Crippen molar-refractivity contribution in [1.82, 2.24) is 15.1 Å². The van der Waals surface area contributed by atoms with E-state index in [-0.39, 0.29) is 6.03 Å². The van der Waals surface area contributed by atoms with Crippen LogP contribution >= 0.6 is 0 Å². The van der Waals surface area contributed by atoms with Gasteiger partial charge in [0.15, 0.2) is 0 Å². The Labute approximate surface area is 91.6 Å². The van der Waals surface area contributed by atoms with Gasteiger partial charge in [-0.05, 0) is 45.3 Å². The molecule has 0 aromatic heterocycles. The van der Waals surface area contributed by atoms with Gasteiger partial charge < -0.3 is 15.1 Å². The third-order valence-electron chi connectivity index (χ3n) is 3.48. The van der Waals surface area contributed by atoms with Gasteiger partial charge >= 0.3 is 6.03 Å². The molecule has 0 aromatic rings. The van der Waals surface area contributed by atoms with E-state index >= 15 is 0 Å². The van der Waals surface area contributed by atoms with Gasteiger partial charge in [0.2, 0.25) is 0 Å². The van der Waals surface area contributed by atoms with Crippen molar-refractivity contribution in [3.63, 3.8) is 0 Å². The van der Waals surface area contributed by atoms with Crippen molar-refractivity contribution in [2.75, 3.05) is 39.8 Å². The Morgan fingerprint density at radius 1 is 1.33 bits per heavy atom. The average molecular weight is 211 g/mol. The number of rotatable bonds is 2. The average Bonchev–Trinajstić information content (AvgIpc) is 2.25. The summed E-state index contributed by atoms with van der Waals surface area (Å²) in [6.07, 6.45) is 3.57. The largest absolute Gasteiger partial charge is 0.338 e. The number of hydrogen-bond donors (Lipinski definition) is 1. The van der Waals surface area contributed by atoms with Gasteiger partial charge in [-0.15, -0.1) is 0 Å². The van der Waals surface area contributed by atoms with Gasteiger partial charge in [-0.25, -0.2) is 4.79 Å². The summed E-state index contributed by atoms with van der Waals surface area (Å²) < 4.78 is 0. The minimum atomic E-state index is 0.139. The fourth-order valence-electron chi connectivity index (χ4n) is 2.41. The van der Waals surface area contributed by atoms with Gasteiger partial charge in [-0.1, -0.05) is 0 Å². The standard InChI is InChI=1S/C11H21N3O/c1-13-7-3-10(4-8-13)9-14-6-2-5-12-11(14)15/h10H,2-9H2,1H3,(H,12,15). The second kappa shape index (κ2) is 4.84. The summed E-state index contributed by atoms with van der Waals surface area (Å²) >= 11 is 0. The van der Waals surface area contributed by atoms with Gasteiger partial charge in [-0.3, -0.25) is 0 Å². The summed E-state index contributed by atoms with van der Waals surface area (Å²) in [4.78, 5) is 15.9. The van der Waals surface area contributed by atoms with Gasteiger partial charge in [0.1, 0.15) is 0 Å². The summed E-state index contributed by atoms with van der Waals surface area (Å²) in [5, 5.41) is 2.91. The molecule has 2 aliphatic rings. The topological polar surface area (TPSA) is 35.6 Å². The molecule has 2 rings (SSSR count). The van der Waals surface area contributed by atoms with Crippen LogP contribution in [-0.4, -0.2) is 55.6 Å². The Bertz CT molecular complexity index is 224. The molecule has 0 aliphatic carbocycles. The second-order valence-corrected chi connectivity index (χ2v) is 4.78. The zero-order valence-corrected chi connectivity index (χ0v) is 9.54. The SMILES string of the molecule is CN1CCC(CN2CCCNC2=O)CC1. The van der Waals surface area contributed by atoms with E-state index in [0.29, 0.717) is 5.92 Å². The molecule has 0 atom stereocenters. The van der Waals surface area contributed by atoms with E-state index in [0.717, 1.165) is 26.1 Å². The molecule has 2 heterocycles. The van der Waals surface area contributed by atoms with E-state index < -0.39 is 0 Å². The summed E-state index contributed by atoms with van der Waals surface area (Å²) in [7, 11) is 2.17. The van der Waals surface area contributed by atoms with E-state index in [1.165, 1.54) is 25.9 Å². The molecule has 86 valence electrons. The minimum Gasteiger partial charge on any atom is -0.338 e. The lowest BCUT2D eigenvalue weighted by molar-refractivity contribution is 0.149. The summed E-state index contributed by atoms with van der Waals surface area (Å²) in [6.45, 7) is 5.11. The zero-order valence-electron chi connectivity index (χ0n) is 9.54. The highest BCUT2D eigenvalue weighted by Gasteiger charge is 2.23. The molecule has 2 saturated heterocycles. The maximum atomic E-state index is 11.5. The highest BCUT2D eigenvalue weighted by atomic mass is 16.2. The highest BCUT2D eigenvalue weighted by molar-refractivity contribution is 5.74. The number of carbonyl (C=O) groups excluding carboxylic acids is 1. The monoisotopic (exact) mass is 211 g/mol. The Morgan fingerprint density at radius 3 is 2.73 bits per heavy atom. The summed E-state index contributed by atoms with van der Waals surface area (Å²) in [5.41, 5.74) is 0. The second-order valence-electron chi connectivity index (χ2n) is 4.78. The molecule has 0 aromatic carbocycles. The molecule has 2 amide bonds. The van der Waals surface area contributed by atoms with Crippen LogP contribution in [0, 0.1) is 5.92 Å². The van der Waals surface area contributed by atoms with Crippen LogP contribution < -0.4 is 5.32 Å². The number of amides is 2. The van der Waals surface area contributed by atoms with Crippen LogP contribution in [0.2, 0.25) is 0 Å². The van der Waals surface area contributed by atoms with E-state index in [4.69, 9.17) is 0 Å². The minimum absolute atomic E-state index is 0.139. The maximum Gasteiger partial charge on any atom is 0.317 e. The van der Waals surface area contributed by atoms with E-state index in [2.05, 4.69) is 17.3 Å². The first kappa shape index (κ1) is 10.7. The van der Waals surface area contributed by atoms with Gasteiger partial charge in [0, 0.05) is 19.6 Å². The third-order valence-corrected chi connectivity index (χ3v) is 3.48. The summed E-state index contributed by atoms with van der Waals surface area (Å²) in [5.74, 6) is 0.713. The molecule has 0 bridgehead atoms. The molecule has 15 heavy (non-hydrogen) atoms. The molecular formula is C11H21N3O. The van der Waals surface area contributed by atoms with Gasteiger partial charge in [0.25, 0.3) is 0 Å². The highest BCUT2D eigenvalue weighted by Crippen LogP contribution is 2.18. The molecular weight excluding hydrogens is 190 g/mol. The number of nitrogens with zero attached hydrogens (tertiary/aromatic N) is 2. The number of urea groups is 1. The smallest absolute Gasteiger partial charge is 0.317 e. The molecule has 2 fully saturated rings. The molecule has 0 spiro atoms. The molecule has 4 nitrogen and oxygen atoms in total. The zero-order chi connectivity index (χ0) is 10.7. The van der Waals surface area contributed by atoms with Gasteiger partial charge in [-0.2, -0.15) is 0 Å². The molecule has 0 saturated carbocycles. The van der Waals surface area contributed by atoms with Crippen molar-refractivity contribution < 1.29 is 4.79 Å². The quantitative estimate of drug-likeness (QED) is 0.731. The third kappa shape index (κ3) is 2.84. The molecule has 0 unspecified atom stereocenters. The Morgan fingerprint density at radius 2 is 2.07 bits per heavy atom. The van der Waals surface area contributed by atoms with Crippen LogP contribution in [0.3, 0.4) is 0 Å². The van der Waals surface area contributed by atoms with E-state index in [1.54, 1.807) is 0 Å². The van der Waals surface area contributed by atoms with Crippen LogP contribution in [0.4, 0.5) is 4.79 Å². The fraction of sp³-hybridized carbons (Fsp3) is 0.909. The van der Waals surface area contributed by atoms with Crippen LogP contribution in [0.25, 0.3) is 0 Å². The first-order valence-electron chi connectivity index (χ1n) is 5.97. The number of likely N-dealkylation sites (tertiary alicyclic amines) is 1. The number of nitrogens with one attached hydrogen (secondary N) is 1. The molecule has 2 aliphatic heterocycles. The Hall–Kier alpha value is -0.770.